The number of piperidine rings is 1. The Morgan fingerprint density at radius 2 is 2.18 bits per heavy atom. The van der Waals surface area contributed by atoms with Gasteiger partial charge in [0.1, 0.15) is 0 Å². The summed E-state index contributed by atoms with van der Waals surface area (Å²) in [6.45, 7) is 0.166. The Hall–Kier alpha value is -2.25. The standard InChI is InChI=1S/C9H11N5O7S/c10-6(15)8-11-7(12-20-8)5-2-1-4-3-13(5)9(16)14(4)21-22(17,18)19/h4-5H,1-3H2,(H2,10,15)(H,17,18,19)/t4-,5+/m1/s1. The number of urea groups is 1. The van der Waals surface area contributed by atoms with Crippen LogP contribution >= 0.6 is 0 Å². The molecule has 0 unspecified atom stereocenters. The van der Waals surface area contributed by atoms with Crippen molar-refractivity contribution in [1.29, 1.82) is 0 Å². The molecule has 13 heteroatoms. The summed E-state index contributed by atoms with van der Waals surface area (Å²) in [4.78, 5) is 28.2. The lowest BCUT2D eigenvalue weighted by Gasteiger charge is -2.27. The maximum absolute atomic E-state index is 12.2. The van der Waals surface area contributed by atoms with Crippen LogP contribution in [0.5, 0.6) is 0 Å². The quantitative estimate of drug-likeness (QED) is 0.645. The molecule has 3 heterocycles. The third-order valence-electron chi connectivity index (χ3n) is 3.45. The third kappa shape index (κ3) is 2.49. The van der Waals surface area contributed by atoms with Crippen LogP contribution in [0.1, 0.15) is 35.4 Å². The first-order valence-corrected chi connectivity index (χ1v) is 7.53. The molecule has 0 aromatic carbocycles. The van der Waals surface area contributed by atoms with Crippen LogP contribution in [0.25, 0.3) is 0 Å². The van der Waals surface area contributed by atoms with Crippen molar-refractivity contribution in [3.63, 3.8) is 0 Å². The number of fused-ring (bicyclic) bond motifs is 2. The van der Waals surface area contributed by atoms with E-state index in [4.69, 9.17) is 10.3 Å². The second kappa shape index (κ2) is 4.89. The number of hydrogen-bond donors (Lipinski definition) is 2. The molecule has 120 valence electrons. The van der Waals surface area contributed by atoms with E-state index < -0.39 is 34.4 Å². The van der Waals surface area contributed by atoms with Crippen molar-refractivity contribution in [2.45, 2.75) is 24.9 Å². The number of amides is 3. The molecule has 2 bridgehead atoms. The Morgan fingerprint density at radius 1 is 1.45 bits per heavy atom. The van der Waals surface area contributed by atoms with Crippen molar-refractivity contribution in [2.24, 2.45) is 5.73 Å². The SMILES string of the molecule is NC(=O)c1nc([C@@H]2CC[C@@H]3CN2C(=O)N3OS(=O)(=O)O)no1. The van der Waals surface area contributed by atoms with Gasteiger partial charge in [0, 0.05) is 6.54 Å². The van der Waals surface area contributed by atoms with Gasteiger partial charge in [0.2, 0.25) is 0 Å². The Balaban J connectivity index is 1.83. The summed E-state index contributed by atoms with van der Waals surface area (Å²) >= 11 is 0. The smallest absolute Gasteiger partial charge is 0.361 e. The number of hydroxylamine groups is 2. The van der Waals surface area contributed by atoms with E-state index in [9.17, 15) is 18.0 Å². The monoisotopic (exact) mass is 333 g/mol. The maximum Gasteiger partial charge on any atom is 0.418 e. The molecule has 2 aliphatic rings. The van der Waals surface area contributed by atoms with Crippen LogP contribution in [0.2, 0.25) is 0 Å². The molecule has 3 N–H and O–H groups in total. The predicted molar refractivity (Wildman–Crippen MR) is 65.2 cm³/mol. The van der Waals surface area contributed by atoms with Crippen molar-refractivity contribution in [3.05, 3.63) is 11.7 Å². The van der Waals surface area contributed by atoms with Crippen molar-refractivity contribution in [2.75, 3.05) is 6.54 Å². The number of carbonyl (C=O) groups is 2. The molecule has 0 aliphatic carbocycles. The van der Waals surface area contributed by atoms with Gasteiger partial charge in [-0.3, -0.25) is 9.35 Å². The number of rotatable bonds is 4. The summed E-state index contributed by atoms with van der Waals surface area (Å²) in [5.74, 6) is -1.18. The normalized spacial score (nSPS) is 24.9. The van der Waals surface area contributed by atoms with E-state index in [1.54, 1.807) is 0 Å². The Labute approximate surface area is 123 Å². The molecule has 2 atom stereocenters. The molecule has 0 radical (unpaired) electrons. The zero-order chi connectivity index (χ0) is 16.1. The number of nitrogens with zero attached hydrogens (tertiary/aromatic N) is 4. The summed E-state index contributed by atoms with van der Waals surface area (Å²) in [5, 5.41) is 4.21. The van der Waals surface area contributed by atoms with E-state index >= 15 is 0 Å². The average molecular weight is 333 g/mol. The van der Waals surface area contributed by atoms with Gasteiger partial charge in [-0.1, -0.05) is 5.16 Å². The molecule has 2 fully saturated rings. The first-order valence-electron chi connectivity index (χ1n) is 6.16. The fourth-order valence-corrected chi connectivity index (χ4v) is 2.96. The summed E-state index contributed by atoms with van der Waals surface area (Å²) in [5.41, 5.74) is 5.01. The number of carbonyl (C=O) groups excluding carboxylic acids is 2. The van der Waals surface area contributed by atoms with Gasteiger partial charge >= 0.3 is 28.2 Å². The maximum atomic E-state index is 12.2. The second-order valence-corrected chi connectivity index (χ2v) is 5.84. The molecule has 1 aromatic rings. The van der Waals surface area contributed by atoms with Gasteiger partial charge in [-0.15, -0.1) is 4.28 Å². The lowest BCUT2D eigenvalue weighted by atomic mass is 10.0. The summed E-state index contributed by atoms with van der Waals surface area (Å²) < 4.78 is 39.2. The molecule has 22 heavy (non-hydrogen) atoms. The molecule has 0 saturated carbocycles. The molecule has 12 nitrogen and oxygen atoms in total. The van der Waals surface area contributed by atoms with Gasteiger partial charge in [0.05, 0.1) is 12.1 Å². The van der Waals surface area contributed by atoms with E-state index in [1.807, 2.05) is 0 Å². The van der Waals surface area contributed by atoms with E-state index in [1.165, 1.54) is 4.90 Å². The Kier molecular flexibility index (Phi) is 3.26. The number of primary amides is 1. The van der Waals surface area contributed by atoms with Gasteiger partial charge in [-0.25, -0.2) is 4.79 Å². The minimum Gasteiger partial charge on any atom is -0.361 e. The van der Waals surface area contributed by atoms with Gasteiger partial charge in [-0.2, -0.15) is 18.5 Å². The highest BCUT2D eigenvalue weighted by molar-refractivity contribution is 7.80. The van der Waals surface area contributed by atoms with Crippen LogP contribution in [0, 0.1) is 0 Å². The van der Waals surface area contributed by atoms with Crippen molar-refractivity contribution in [1.82, 2.24) is 20.1 Å². The van der Waals surface area contributed by atoms with E-state index in [0.717, 1.165) is 0 Å². The number of aromatic nitrogens is 2. The topological polar surface area (TPSA) is 169 Å². The number of nitrogens with two attached hydrogens (primary N) is 1. The zero-order valence-corrected chi connectivity index (χ0v) is 11.8. The Morgan fingerprint density at radius 3 is 2.77 bits per heavy atom. The van der Waals surface area contributed by atoms with Gasteiger partial charge in [0.15, 0.2) is 5.82 Å². The van der Waals surface area contributed by atoms with Gasteiger partial charge in [-0.05, 0) is 12.8 Å². The van der Waals surface area contributed by atoms with Crippen molar-refractivity contribution < 1.29 is 31.4 Å². The predicted octanol–water partition coefficient (Wildman–Crippen LogP) is -1.16. The minimum absolute atomic E-state index is 0.0919. The molecule has 0 spiro atoms. The third-order valence-corrected chi connectivity index (χ3v) is 3.80. The minimum atomic E-state index is -4.80. The zero-order valence-electron chi connectivity index (χ0n) is 10.9. The fourth-order valence-electron chi connectivity index (χ4n) is 2.57. The summed E-state index contributed by atoms with van der Waals surface area (Å²) in [6, 6.07) is -1.88. The molecular formula is C9H11N5O7S. The van der Waals surface area contributed by atoms with Crippen LogP contribution in [0.3, 0.4) is 0 Å². The van der Waals surface area contributed by atoms with Crippen molar-refractivity contribution in [3.8, 4) is 0 Å². The molecule has 3 amide bonds. The molecule has 2 aliphatic heterocycles. The molecule has 1 aromatic heterocycles. The largest absolute Gasteiger partial charge is 0.418 e. The lowest BCUT2D eigenvalue weighted by Crippen LogP contribution is -2.35. The van der Waals surface area contributed by atoms with Crippen LogP contribution in [0.4, 0.5) is 4.79 Å². The summed E-state index contributed by atoms with van der Waals surface area (Å²) in [7, 11) is -4.80. The van der Waals surface area contributed by atoms with Crippen molar-refractivity contribution >= 4 is 22.3 Å². The Bertz CT molecular complexity index is 730. The molecular weight excluding hydrogens is 322 g/mol. The van der Waals surface area contributed by atoms with E-state index in [0.29, 0.717) is 17.9 Å². The molecule has 2 saturated heterocycles. The van der Waals surface area contributed by atoms with Gasteiger partial charge < -0.3 is 15.2 Å². The van der Waals surface area contributed by atoms with Gasteiger partial charge in [0.25, 0.3) is 0 Å². The van der Waals surface area contributed by atoms with Crippen LogP contribution in [0.15, 0.2) is 4.52 Å². The first-order chi connectivity index (χ1) is 10.3. The lowest BCUT2D eigenvalue weighted by molar-refractivity contribution is -0.0317. The number of hydrogen-bond acceptors (Lipinski definition) is 8. The van der Waals surface area contributed by atoms with E-state index in [-0.39, 0.29) is 18.3 Å². The summed E-state index contributed by atoms with van der Waals surface area (Å²) in [6.07, 6.45) is 0.794. The fraction of sp³-hybridized carbons (Fsp3) is 0.556. The van der Waals surface area contributed by atoms with Crippen LogP contribution in [-0.2, 0) is 14.7 Å². The molecule has 3 rings (SSSR count). The first kappa shape index (κ1) is 14.7. The highest BCUT2D eigenvalue weighted by atomic mass is 32.3. The second-order valence-electron chi connectivity index (χ2n) is 4.83. The highest BCUT2D eigenvalue weighted by Gasteiger charge is 2.48. The van der Waals surface area contributed by atoms with Crippen LogP contribution in [-0.4, -0.2) is 57.6 Å². The average Bonchev–Trinajstić information content (AvgIpc) is 2.99. The van der Waals surface area contributed by atoms with Crippen LogP contribution < -0.4 is 5.73 Å². The highest BCUT2D eigenvalue weighted by Crippen LogP contribution is 2.37. The van der Waals surface area contributed by atoms with E-state index in [2.05, 4.69) is 18.9 Å².